The van der Waals surface area contributed by atoms with E-state index < -0.39 is 0 Å². The molecule has 1 heteroatoms. The molecule has 0 spiro atoms. The van der Waals surface area contributed by atoms with Crippen LogP contribution in [-0.2, 0) is 0 Å². The van der Waals surface area contributed by atoms with Gasteiger partial charge in [0, 0.05) is 6.04 Å². The van der Waals surface area contributed by atoms with Gasteiger partial charge < -0.3 is 4.90 Å². The van der Waals surface area contributed by atoms with Crippen LogP contribution in [-0.4, -0.2) is 24.5 Å². The maximum absolute atomic E-state index is 2.61. The molecule has 1 aliphatic rings. The average molecular weight is 422 g/mol. The maximum atomic E-state index is 2.61. The van der Waals surface area contributed by atoms with Crippen LogP contribution in [0.5, 0.6) is 0 Å². The van der Waals surface area contributed by atoms with Crippen LogP contribution in [0.2, 0.25) is 0 Å². The van der Waals surface area contributed by atoms with E-state index in [1.807, 2.05) is 0 Å². The van der Waals surface area contributed by atoms with E-state index in [4.69, 9.17) is 0 Å². The van der Waals surface area contributed by atoms with Gasteiger partial charge in [0.2, 0.25) is 0 Å². The second-order valence-electron chi connectivity index (χ2n) is 16.2. The van der Waals surface area contributed by atoms with E-state index in [1.165, 1.54) is 51.5 Å². The van der Waals surface area contributed by atoms with Gasteiger partial charge >= 0.3 is 0 Å². The molecule has 0 N–H and O–H groups in total. The monoisotopic (exact) mass is 421 g/mol. The lowest BCUT2D eigenvalue weighted by atomic mass is 9.60. The first-order valence-electron chi connectivity index (χ1n) is 12.8. The second kappa shape index (κ2) is 9.07. The summed E-state index contributed by atoms with van der Waals surface area (Å²) in [6.07, 6.45) is 9.27. The molecular weight excluding hydrogens is 362 g/mol. The second-order valence-corrected chi connectivity index (χ2v) is 16.2. The number of hydrogen-bond acceptors (Lipinski definition) is 1. The minimum absolute atomic E-state index is 0.364. The molecule has 1 fully saturated rings. The highest BCUT2D eigenvalue weighted by Crippen LogP contribution is 2.51. The van der Waals surface area contributed by atoms with Crippen molar-refractivity contribution < 1.29 is 0 Å². The van der Waals surface area contributed by atoms with E-state index in [0.29, 0.717) is 32.5 Å². The summed E-state index contributed by atoms with van der Waals surface area (Å²) in [7, 11) is 2.33. The minimum Gasteiger partial charge on any atom is -0.303 e. The highest BCUT2D eigenvalue weighted by molar-refractivity contribution is 4.95. The Bertz CT molecular complexity index is 541. The SMILES string of the molecule is CN1CCCC1C(C)(C)CC(C)(C)CC(C)(C)CC(C)(C)CC(C)(C)CC(C)(C)C. The van der Waals surface area contributed by atoms with E-state index >= 15 is 0 Å². The quantitative estimate of drug-likeness (QED) is 0.340. The van der Waals surface area contributed by atoms with Gasteiger partial charge in [0.15, 0.2) is 0 Å². The molecule has 1 rings (SSSR count). The fraction of sp³-hybridized carbons (Fsp3) is 1.00. The summed E-state index contributed by atoms with van der Waals surface area (Å²) >= 11 is 0. The molecule has 1 atom stereocenters. The van der Waals surface area contributed by atoms with Gasteiger partial charge in [0.1, 0.15) is 0 Å². The Morgan fingerprint density at radius 1 is 0.567 bits per heavy atom. The van der Waals surface area contributed by atoms with E-state index in [0.717, 1.165) is 6.04 Å². The number of nitrogens with zero attached hydrogens (tertiary/aromatic N) is 1. The largest absolute Gasteiger partial charge is 0.303 e. The lowest BCUT2D eigenvalue weighted by molar-refractivity contribution is 0.0414. The van der Waals surface area contributed by atoms with Crippen LogP contribution in [0.4, 0.5) is 0 Å². The van der Waals surface area contributed by atoms with Gasteiger partial charge in [-0.15, -0.1) is 0 Å². The Hall–Kier alpha value is -0.0400. The Morgan fingerprint density at radius 3 is 1.27 bits per heavy atom. The lowest BCUT2D eigenvalue weighted by Crippen LogP contribution is -2.42. The fourth-order valence-electron chi connectivity index (χ4n) is 8.82. The first-order valence-corrected chi connectivity index (χ1v) is 12.8. The third-order valence-electron chi connectivity index (χ3n) is 7.24. The average Bonchev–Trinajstić information content (AvgIpc) is 2.75. The molecule has 1 aliphatic heterocycles. The molecule has 0 aliphatic carbocycles. The van der Waals surface area contributed by atoms with Crippen LogP contribution >= 0.6 is 0 Å². The molecular formula is C29H59N. The van der Waals surface area contributed by atoms with E-state index in [1.54, 1.807) is 0 Å². The van der Waals surface area contributed by atoms with Crippen molar-refractivity contribution in [2.75, 3.05) is 13.6 Å². The number of rotatable bonds is 10. The first kappa shape index (κ1) is 28.0. The van der Waals surface area contributed by atoms with Gasteiger partial charge in [-0.1, -0.05) is 90.0 Å². The molecule has 1 unspecified atom stereocenters. The maximum Gasteiger partial charge on any atom is 0.0144 e. The predicted molar refractivity (Wildman–Crippen MR) is 137 cm³/mol. The van der Waals surface area contributed by atoms with Crippen LogP contribution in [0.1, 0.15) is 135 Å². The molecule has 0 aromatic rings. The summed E-state index contributed by atoms with van der Waals surface area (Å²) in [6.45, 7) is 33.6. The Kier molecular flexibility index (Phi) is 8.46. The van der Waals surface area contributed by atoms with Crippen molar-refractivity contribution in [3.8, 4) is 0 Å². The molecule has 0 aromatic heterocycles. The third kappa shape index (κ3) is 9.62. The number of hydrogen-bond donors (Lipinski definition) is 0. The van der Waals surface area contributed by atoms with E-state index in [9.17, 15) is 0 Å². The molecule has 0 amide bonds. The van der Waals surface area contributed by atoms with Gasteiger partial charge in [-0.3, -0.25) is 0 Å². The van der Waals surface area contributed by atoms with Crippen molar-refractivity contribution in [2.45, 2.75) is 141 Å². The zero-order chi connectivity index (χ0) is 23.8. The zero-order valence-corrected chi connectivity index (χ0v) is 23.7. The predicted octanol–water partition coefficient (Wildman–Crippen LogP) is 9.21. The summed E-state index contributed by atoms with van der Waals surface area (Å²) in [5, 5.41) is 0. The highest BCUT2D eigenvalue weighted by atomic mass is 15.2. The molecule has 30 heavy (non-hydrogen) atoms. The van der Waals surface area contributed by atoms with Gasteiger partial charge in [0.05, 0.1) is 0 Å². The Balaban J connectivity index is 2.80. The van der Waals surface area contributed by atoms with Gasteiger partial charge in [-0.05, 0) is 91.0 Å². The molecule has 0 bridgehead atoms. The fourth-order valence-corrected chi connectivity index (χ4v) is 8.82. The van der Waals surface area contributed by atoms with Crippen molar-refractivity contribution in [1.82, 2.24) is 4.90 Å². The van der Waals surface area contributed by atoms with E-state index in [-0.39, 0.29) is 0 Å². The first-order chi connectivity index (χ1) is 13.1. The Morgan fingerprint density at radius 2 is 0.933 bits per heavy atom. The van der Waals surface area contributed by atoms with Crippen molar-refractivity contribution in [3.05, 3.63) is 0 Å². The molecule has 0 radical (unpaired) electrons. The van der Waals surface area contributed by atoms with Crippen molar-refractivity contribution >= 4 is 0 Å². The third-order valence-corrected chi connectivity index (χ3v) is 7.24. The van der Waals surface area contributed by atoms with Gasteiger partial charge in [-0.25, -0.2) is 0 Å². The minimum atomic E-state index is 0.364. The van der Waals surface area contributed by atoms with E-state index in [2.05, 4.69) is 102 Å². The standard InChI is InChI=1S/C29H59N/c1-24(2,3)18-25(4,5)19-26(6,7)20-27(8,9)21-28(10,11)22-29(12,13)23-16-15-17-30(23)14/h23H,15-22H2,1-14H3. The van der Waals surface area contributed by atoms with Crippen LogP contribution in [0.25, 0.3) is 0 Å². The van der Waals surface area contributed by atoms with Crippen LogP contribution < -0.4 is 0 Å². The summed E-state index contributed by atoms with van der Waals surface area (Å²) < 4.78 is 0. The summed E-state index contributed by atoms with van der Waals surface area (Å²) in [5.41, 5.74) is 2.28. The Labute approximate surface area is 192 Å². The van der Waals surface area contributed by atoms with Crippen LogP contribution in [0, 0.1) is 32.5 Å². The van der Waals surface area contributed by atoms with Crippen LogP contribution in [0.15, 0.2) is 0 Å². The highest BCUT2D eigenvalue weighted by Gasteiger charge is 2.42. The van der Waals surface area contributed by atoms with Crippen molar-refractivity contribution in [3.63, 3.8) is 0 Å². The zero-order valence-electron chi connectivity index (χ0n) is 23.7. The molecule has 1 saturated heterocycles. The molecule has 180 valence electrons. The normalized spacial score (nSPS) is 20.8. The summed E-state index contributed by atoms with van der Waals surface area (Å²) in [6, 6.07) is 0.745. The smallest absolute Gasteiger partial charge is 0.0144 e. The topological polar surface area (TPSA) is 3.24 Å². The lowest BCUT2D eigenvalue weighted by Gasteiger charge is -2.47. The van der Waals surface area contributed by atoms with Crippen LogP contribution in [0.3, 0.4) is 0 Å². The van der Waals surface area contributed by atoms with Gasteiger partial charge in [-0.2, -0.15) is 0 Å². The molecule has 0 saturated carbocycles. The van der Waals surface area contributed by atoms with Gasteiger partial charge in [0.25, 0.3) is 0 Å². The van der Waals surface area contributed by atoms with Crippen molar-refractivity contribution in [2.24, 2.45) is 32.5 Å². The van der Waals surface area contributed by atoms with Crippen molar-refractivity contribution in [1.29, 1.82) is 0 Å². The molecule has 1 nitrogen and oxygen atoms in total. The number of likely N-dealkylation sites (tertiary alicyclic amines) is 1. The summed E-state index contributed by atoms with van der Waals surface area (Å²) in [5.74, 6) is 0. The molecule has 0 aromatic carbocycles. The molecule has 1 heterocycles. The summed E-state index contributed by atoms with van der Waals surface area (Å²) in [4.78, 5) is 2.61.